The van der Waals surface area contributed by atoms with E-state index in [-0.39, 0.29) is 5.33 Å². The summed E-state index contributed by atoms with van der Waals surface area (Å²) in [6.07, 6.45) is 3.10. The van der Waals surface area contributed by atoms with Crippen LogP contribution in [0.5, 0.6) is 0 Å². The van der Waals surface area contributed by atoms with E-state index in [1.807, 2.05) is 0 Å². The smallest absolute Gasteiger partial charge is 0.303 e. The van der Waals surface area contributed by atoms with Crippen LogP contribution < -0.4 is 0 Å². The van der Waals surface area contributed by atoms with E-state index in [0.29, 0.717) is 6.42 Å². The monoisotopic (exact) mass is 290 g/mol. The normalized spacial score (nSPS) is 10.3. The molecule has 10 heavy (non-hydrogen) atoms. The van der Waals surface area contributed by atoms with Gasteiger partial charge in [0.2, 0.25) is 0 Å². The van der Waals surface area contributed by atoms with Crippen molar-refractivity contribution >= 4 is 42.3 Å². The number of unbranched alkanes of at least 4 members (excludes halogenated alkanes) is 1. The van der Waals surface area contributed by atoms with Gasteiger partial charge in [-0.25, -0.2) is 0 Å². The molecule has 0 aromatic heterocycles. The molecule has 60 valence electrons. The molecule has 0 aromatic carbocycles. The number of carboxylic acid groups (broad SMARTS) is 1. The number of hydrogen-bond donors (Lipinski definition) is 1. The Hall–Kier alpha value is 0.860. The number of hydrogen-bond acceptors (Lipinski definition) is 1. The Kier molecular flexibility index (Phi) is 7.13. The molecule has 0 saturated carbocycles. The van der Waals surface area contributed by atoms with Gasteiger partial charge in [0, 0.05) is 11.7 Å². The third-order valence-electron chi connectivity index (χ3n) is 0.968. The molecule has 2 nitrogen and oxygen atoms in total. The number of carbonyl (C=O) groups is 1. The Morgan fingerprint density at radius 1 is 1.40 bits per heavy atom. The minimum Gasteiger partial charge on any atom is -0.481 e. The van der Waals surface area contributed by atoms with Gasteiger partial charge in [-0.05, 0) is 50.0 Å². The van der Waals surface area contributed by atoms with E-state index in [9.17, 15) is 4.79 Å². The van der Waals surface area contributed by atoms with E-state index in [1.54, 1.807) is 0 Å². The van der Waals surface area contributed by atoms with E-state index in [0.717, 1.165) is 19.0 Å². The van der Waals surface area contributed by atoms with Gasteiger partial charge in [-0.15, -0.1) is 0 Å². The van der Waals surface area contributed by atoms with Gasteiger partial charge in [0.15, 0.2) is 0 Å². The van der Waals surface area contributed by atoms with Crippen LogP contribution in [0, 0.1) is 0 Å². The molecule has 0 fully saturated rings. The van der Waals surface area contributed by atoms with Gasteiger partial charge in [0.1, 0.15) is 0 Å². The van der Waals surface area contributed by atoms with Crippen LogP contribution in [0.25, 0.3) is 0 Å². The van der Waals surface area contributed by atoms with Crippen LogP contribution in [-0.2, 0) is 4.79 Å². The van der Waals surface area contributed by atoms with Crippen LogP contribution in [0.15, 0.2) is 0 Å². The van der Waals surface area contributed by atoms with Crippen molar-refractivity contribution in [2.24, 2.45) is 0 Å². The van der Waals surface area contributed by atoms with Crippen molar-refractivity contribution in [2.45, 2.75) is 19.3 Å². The fraction of sp³-hybridized carbons (Fsp3) is 0.800. The summed E-state index contributed by atoms with van der Waals surface area (Å²) in [7, 11) is 0. The zero-order chi connectivity index (χ0) is 7.98. The highest BCUT2D eigenvalue weighted by atomic mass is 79.9. The van der Waals surface area contributed by atoms with Crippen molar-refractivity contribution in [1.29, 1.82) is 0 Å². The standard InChI is InChI=1S/C5H9Br2O2P/c6-10(7)4-2-1-3-5(8)9/h1-4H2,(H,8,9). The highest BCUT2D eigenvalue weighted by Crippen LogP contribution is 2.52. The molecular weight excluding hydrogens is 283 g/mol. The Bertz CT molecular complexity index is 108. The van der Waals surface area contributed by atoms with Crippen molar-refractivity contribution < 1.29 is 9.90 Å². The fourth-order valence-electron chi connectivity index (χ4n) is 0.508. The molecule has 0 saturated heterocycles. The molecule has 0 aromatic rings. The molecule has 0 spiro atoms. The second kappa shape index (κ2) is 6.56. The quantitative estimate of drug-likeness (QED) is 0.623. The molecule has 0 amide bonds. The van der Waals surface area contributed by atoms with Crippen molar-refractivity contribution in [3.63, 3.8) is 0 Å². The maximum Gasteiger partial charge on any atom is 0.303 e. The van der Waals surface area contributed by atoms with E-state index < -0.39 is 5.97 Å². The molecule has 0 rings (SSSR count). The first-order valence-corrected chi connectivity index (χ1v) is 8.50. The molecule has 5 heteroatoms. The number of halogens is 2. The Morgan fingerprint density at radius 3 is 2.40 bits per heavy atom. The third kappa shape index (κ3) is 8.86. The molecule has 0 aliphatic heterocycles. The fourth-order valence-corrected chi connectivity index (χ4v) is 2.47. The second-order valence-electron chi connectivity index (χ2n) is 1.88. The first kappa shape index (κ1) is 10.9. The average Bonchev–Trinajstić information content (AvgIpc) is 1.79. The van der Waals surface area contributed by atoms with Crippen molar-refractivity contribution in [1.82, 2.24) is 0 Å². The van der Waals surface area contributed by atoms with Gasteiger partial charge in [-0.3, -0.25) is 4.79 Å². The van der Waals surface area contributed by atoms with Gasteiger partial charge in [0.05, 0.1) is 0 Å². The van der Waals surface area contributed by atoms with Gasteiger partial charge in [0.25, 0.3) is 0 Å². The maximum atomic E-state index is 10.0. The van der Waals surface area contributed by atoms with Crippen LogP contribution >= 0.6 is 36.3 Å². The first-order valence-electron chi connectivity index (χ1n) is 2.94. The van der Waals surface area contributed by atoms with Crippen molar-refractivity contribution in [3.8, 4) is 0 Å². The van der Waals surface area contributed by atoms with Crippen LogP contribution in [0.4, 0.5) is 0 Å². The summed E-state index contributed by atoms with van der Waals surface area (Å²) in [4.78, 5) is 10.0. The molecule has 0 heterocycles. The SMILES string of the molecule is O=C(O)CCCCP(Br)Br. The van der Waals surface area contributed by atoms with Crippen molar-refractivity contribution in [3.05, 3.63) is 0 Å². The van der Waals surface area contributed by atoms with Gasteiger partial charge in [-0.2, -0.15) is 0 Å². The lowest BCUT2D eigenvalue weighted by Crippen LogP contribution is -1.93. The van der Waals surface area contributed by atoms with E-state index in [4.69, 9.17) is 5.11 Å². The summed E-state index contributed by atoms with van der Waals surface area (Å²) in [6.45, 7) is 0. The first-order chi connectivity index (χ1) is 4.63. The minimum atomic E-state index is -0.700. The lowest BCUT2D eigenvalue weighted by Gasteiger charge is -1.98. The average molecular weight is 292 g/mol. The molecule has 0 unspecified atom stereocenters. The Labute approximate surface area is 77.6 Å². The summed E-state index contributed by atoms with van der Waals surface area (Å²) < 4.78 is 0. The van der Waals surface area contributed by atoms with Crippen LogP contribution in [0.2, 0.25) is 0 Å². The summed E-state index contributed by atoms with van der Waals surface area (Å²) in [6, 6.07) is 0. The third-order valence-corrected chi connectivity index (χ3v) is 3.75. The molecular formula is C5H9Br2O2P. The van der Waals surface area contributed by atoms with Gasteiger partial charge < -0.3 is 5.11 Å². The van der Waals surface area contributed by atoms with E-state index in [1.165, 1.54) is 0 Å². The van der Waals surface area contributed by atoms with Gasteiger partial charge >= 0.3 is 5.97 Å². The predicted molar refractivity (Wildman–Crippen MR) is 51.1 cm³/mol. The van der Waals surface area contributed by atoms with Crippen LogP contribution in [-0.4, -0.2) is 17.2 Å². The molecule has 0 bridgehead atoms. The van der Waals surface area contributed by atoms with E-state index >= 15 is 0 Å². The lowest BCUT2D eigenvalue weighted by molar-refractivity contribution is -0.137. The zero-order valence-electron chi connectivity index (χ0n) is 5.39. The molecule has 0 aliphatic carbocycles. The van der Waals surface area contributed by atoms with Crippen LogP contribution in [0.1, 0.15) is 19.3 Å². The Morgan fingerprint density at radius 2 is 2.00 bits per heavy atom. The highest BCUT2D eigenvalue weighted by Gasteiger charge is 1.99. The highest BCUT2D eigenvalue weighted by molar-refractivity contribution is 9.69. The molecule has 0 aliphatic rings. The Balaban J connectivity index is 2.98. The number of rotatable bonds is 5. The second-order valence-corrected chi connectivity index (χ2v) is 10.9. The number of aliphatic carboxylic acids is 1. The topological polar surface area (TPSA) is 37.3 Å². The largest absolute Gasteiger partial charge is 0.481 e. The zero-order valence-corrected chi connectivity index (χ0v) is 9.45. The van der Waals surface area contributed by atoms with E-state index in [2.05, 4.69) is 31.0 Å². The lowest BCUT2D eigenvalue weighted by atomic mass is 10.3. The summed E-state index contributed by atoms with van der Waals surface area (Å²) in [5.74, 6) is -0.700. The predicted octanol–water partition coefficient (Wildman–Crippen LogP) is 3.34. The summed E-state index contributed by atoms with van der Waals surface area (Å²) >= 11 is 6.75. The molecule has 0 atom stereocenters. The summed E-state index contributed by atoms with van der Waals surface area (Å²) in [5.41, 5.74) is 0. The van der Waals surface area contributed by atoms with Crippen LogP contribution in [0.3, 0.4) is 0 Å². The van der Waals surface area contributed by atoms with Gasteiger partial charge in [-0.1, -0.05) is 0 Å². The van der Waals surface area contributed by atoms with Crippen molar-refractivity contribution in [2.75, 3.05) is 6.16 Å². The minimum absolute atomic E-state index is 0.199. The maximum absolute atomic E-state index is 10.0. The molecule has 0 radical (unpaired) electrons. The molecule has 1 N–H and O–H groups in total. The summed E-state index contributed by atoms with van der Waals surface area (Å²) in [5, 5.41) is 8.06. The number of carboxylic acids is 1.